The quantitative estimate of drug-likeness (QED) is 0.545. The van der Waals surface area contributed by atoms with Gasteiger partial charge in [0.25, 0.3) is 0 Å². The molecular formula is C26H31N3O3S. The molecule has 174 valence electrons. The van der Waals surface area contributed by atoms with Gasteiger partial charge in [-0.05, 0) is 80.3 Å². The predicted octanol–water partition coefficient (Wildman–Crippen LogP) is 4.79. The summed E-state index contributed by atoms with van der Waals surface area (Å²) in [6.07, 6.45) is 1.17. The number of anilines is 2. The van der Waals surface area contributed by atoms with Crippen molar-refractivity contribution >= 4 is 38.1 Å². The minimum Gasteiger partial charge on any atom is -0.372 e. The Hall–Kier alpha value is -2.90. The van der Waals surface area contributed by atoms with Gasteiger partial charge in [0, 0.05) is 31.0 Å². The van der Waals surface area contributed by atoms with E-state index in [0.717, 1.165) is 35.1 Å². The minimum atomic E-state index is -3.79. The molecule has 1 N–H and O–H groups in total. The Labute approximate surface area is 196 Å². The molecule has 7 heteroatoms. The molecule has 0 aliphatic carbocycles. The predicted molar refractivity (Wildman–Crippen MR) is 134 cm³/mol. The third-order valence-electron chi connectivity index (χ3n) is 6.43. The molecule has 1 amide bonds. The Morgan fingerprint density at radius 2 is 1.76 bits per heavy atom. The van der Waals surface area contributed by atoms with Crippen molar-refractivity contribution in [1.82, 2.24) is 4.31 Å². The van der Waals surface area contributed by atoms with E-state index in [4.69, 9.17) is 0 Å². The minimum absolute atomic E-state index is 0.223. The van der Waals surface area contributed by atoms with Crippen LogP contribution in [0.2, 0.25) is 0 Å². The highest BCUT2D eigenvalue weighted by Gasteiger charge is 2.39. The van der Waals surface area contributed by atoms with E-state index in [2.05, 4.69) is 30.1 Å². The first-order valence-corrected chi connectivity index (χ1v) is 13.0. The number of nitrogens with one attached hydrogen (secondary N) is 1. The van der Waals surface area contributed by atoms with Gasteiger partial charge in [-0.2, -0.15) is 4.31 Å². The number of nitrogens with zero attached hydrogens (tertiary/aromatic N) is 2. The van der Waals surface area contributed by atoms with Crippen LogP contribution in [-0.2, 0) is 14.8 Å². The lowest BCUT2D eigenvalue weighted by Crippen LogP contribution is -2.43. The van der Waals surface area contributed by atoms with E-state index >= 15 is 0 Å². The number of hydrogen-bond acceptors (Lipinski definition) is 4. The van der Waals surface area contributed by atoms with Crippen molar-refractivity contribution in [2.45, 2.75) is 44.6 Å². The van der Waals surface area contributed by atoms with E-state index in [-0.39, 0.29) is 10.8 Å². The van der Waals surface area contributed by atoms with Gasteiger partial charge in [-0.3, -0.25) is 4.79 Å². The third-order valence-corrected chi connectivity index (χ3v) is 8.33. The molecule has 3 aromatic carbocycles. The largest absolute Gasteiger partial charge is 0.372 e. The molecule has 0 aromatic heterocycles. The van der Waals surface area contributed by atoms with E-state index < -0.39 is 16.1 Å². The summed E-state index contributed by atoms with van der Waals surface area (Å²) in [7, 11) is -3.79. The van der Waals surface area contributed by atoms with Crippen LogP contribution in [0.5, 0.6) is 0 Å². The van der Waals surface area contributed by atoms with Crippen LogP contribution in [0.3, 0.4) is 0 Å². The Morgan fingerprint density at radius 1 is 1.03 bits per heavy atom. The van der Waals surface area contributed by atoms with Crippen LogP contribution in [0.1, 0.15) is 32.3 Å². The maximum Gasteiger partial charge on any atom is 0.243 e. The van der Waals surface area contributed by atoms with Gasteiger partial charge in [-0.1, -0.05) is 30.3 Å². The zero-order valence-electron chi connectivity index (χ0n) is 19.4. The molecule has 1 saturated heterocycles. The summed E-state index contributed by atoms with van der Waals surface area (Å²) < 4.78 is 28.2. The highest BCUT2D eigenvalue weighted by atomic mass is 32.2. The summed E-state index contributed by atoms with van der Waals surface area (Å²) in [6, 6.07) is 18.0. The second kappa shape index (κ2) is 9.53. The van der Waals surface area contributed by atoms with Crippen LogP contribution in [0.4, 0.5) is 11.4 Å². The van der Waals surface area contributed by atoms with Crippen molar-refractivity contribution in [1.29, 1.82) is 0 Å². The zero-order chi connectivity index (χ0) is 23.6. The fourth-order valence-corrected chi connectivity index (χ4v) is 6.24. The monoisotopic (exact) mass is 465 g/mol. The van der Waals surface area contributed by atoms with Crippen molar-refractivity contribution in [2.24, 2.45) is 0 Å². The maximum absolute atomic E-state index is 13.4. The molecule has 0 saturated carbocycles. The van der Waals surface area contributed by atoms with Gasteiger partial charge in [0.15, 0.2) is 0 Å². The highest BCUT2D eigenvalue weighted by molar-refractivity contribution is 7.89. The van der Waals surface area contributed by atoms with Crippen LogP contribution in [0, 0.1) is 6.92 Å². The average molecular weight is 466 g/mol. The molecule has 33 heavy (non-hydrogen) atoms. The summed E-state index contributed by atoms with van der Waals surface area (Å²) in [5, 5.41) is 4.82. The highest BCUT2D eigenvalue weighted by Crippen LogP contribution is 2.30. The molecule has 0 spiro atoms. The number of rotatable bonds is 7. The first-order valence-electron chi connectivity index (χ1n) is 11.5. The van der Waals surface area contributed by atoms with Crippen LogP contribution in [0.15, 0.2) is 65.6 Å². The van der Waals surface area contributed by atoms with Gasteiger partial charge >= 0.3 is 0 Å². The number of amides is 1. The third kappa shape index (κ3) is 4.61. The first-order chi connectivity index (χ1) is 15.8. The number of carbonyl (C=O) groups is 1. The molecule has 1 aliphatic heterocycles. The van der Waals surface area contributed by atoms with Gasteiger partial charge in [0.2, 0.25) is 15.9 Å². The van der Waals surface area contributed by atoms with E-state index in [1.54, 1.807) is 12.1 Å². The number of hydrogen-bond donors (Lipinski definition) is 1. The van der Waals surface area contributed by atoms with E-state index in [9.17, 15) is 13.2 Å². The molecule has 1 heterocycles. The van der Waals surface area contributed by atoms with Crippen molar-refractivity contribution in [3.63, 3.8) is 0 Å². The molecule has 0 bridgehead atoms. The van der Waals surface area contributed by atoms with Crippen molar-refractivity contribution in [3.05, 3.63) is 66.2 Å². The van der Waals surface area contributed by atoms with Crippen LogP contribution >= 0.6 is 0 Å². The summed E-state index contributed by atoms with van der Waals surface area (Å²) >= 11 is 0. The number of benzene rings is 3. The summed E-state index contributed by atoms with van der Waals surface area (Å²) in [5.41, 5.74) is 2.78. The number of carbonyl (C=O) groups excluding carboxylic acids is 1. The SMILES string of the molecule is CCN(CC)c1ccc(NC(=O)[C@H]2CCCN2S(=O)(=O)c2ccc3ccccc3c2)c(C)c1. The molecule has 6 nitrogen and oxygen atoms in total. The average Bonchev–Trinajstić information content (AvgIpc) is 3.32. The van der Waals surface area contributed by atoms with Gasteiger partial charge in [0.1, 0.15) is 6.04 Å². The Kier molecular flexibility index (Phi) is 6.72. The van der Waals surface area contributed by atoms with Crippen LogP contribution in [0.25, 0.3) is 10.8 Å². The number of aryl methyl sites for hydroxylation is 1. The van der Waals surface area contributed by atoms with Crippen LogP contribution in [-0.4, -0.2) is 44.3 Å². The van der Waals surface area contributed by atoms with Crippen molar-refractivity contribution in [2.75, 3.05) is 29.9 Å². The molecule has 1 atom stereocenters. The maximum atomic E-state index is 13.4. The van der Waals surface area contributed by atoms with Gasteiger partial charge in [0.05, 0.1) is 4.90 Å². The van der Waals surface area contributed by atoms with Gasteiger partial charge in [-0.25, -0.2) is 8.42 Å². The Morgan fingerprint density at radius 3 is 2.45 bits per heavy atom. The molecule has 3 aromatic rings. The first kappa shape index (κ1) is 23.3. The van der Waals surface area contributed by atoms with E-state index in [1.807, 2.05) is 49.4 Å². The molecule has 1 fully saturated rings. The second-order valence-corrected chi connectivity index (χ2v) is 10.3. The fourth-order valence-electron chi connectivity index (χ4n) is 4.54. The fraction of sp³-hybridized carbons (Fsp3) is 0.346. The number of fused-ring (bicyclic) bond motifs is 1. The standard InChI is InChI=1S/C26H31N3O3S/c1-4-28(5-2)22-13-15-24(19(3)17-22)27-26(30)25-11-8-16-29(25)33(31,32)23-14-12-20-9-6-7-10-21(20)18-23/h6-7,9-10,12-15,17-18,25H,4-5,8,11,16H2,1-3H3,(H,27,30)/t25-/m1/s1. The molecule has 0 radical (unpaired) electrons. The smallest absolute Gasteiger partial charge is 0.243 e. The van der Waals surface area contributed by atoms with Gasteiger partial charge in [-0.15, -0.1) is 0 Å². The lowest BCUT2D eigenvalue weighted by molar-refractivity contribution is -0.119. The van der Waals surface area contributed by atoms with Crippen LogP contribution < -0.4 is 10.2 Å². The summed E-state index contributed by atoms with van der Waals surface area (Å²) in [6.45, 7) is 8.34. The molecule has 0 unspecified atom stereocenters. The van der Waals surface area contributed by atoms with Crippen molar-refractivity contribution in [3.8, 4) is 0 Å². The lowest BCUT2D eigenvalue weighted by Gasteiger charge is -2.25. The summed E-state index contributed by atoms with van der Waals surface area (Å²) in [4.78, 5) is 15.6. The van der Waals surface area contributed by atoms with E-state index in [1.165, 1.54) is 4.31 Å². The Bertz CT molecular complexity index is 1270. The molecular weight excluding hydrogens is 434 g/mol. The topological polar surface area (TPSA) is 69.7 Å². The Balaban J connectivity index is 1.55. The normalized spacial score (nSPS) is 16.8. The van der Waals surface area contributed by atoms with Gasteiger partial charge < -0.3 is 10.2 Å². The molecule has 4 rings (SSSR count). The summed E-state index contributed by atoms with van der Waals surface area (Å²) in [5.74, 6) is -0.282. The van der Waals surface area contributed by atoms with Crippen molar-refractivity contribution < 1.29 is 13.2 Å². The lowest BCUT2D eigenvalue weighted by atomic mass is 10.1. The number of sulfonamides is 1. The van der Waals surface area contributed by atoms with E-state index in [0.29, 0.717) is 25.1 Å². The molecule has 1 aliphatic rings. The zero-order valence-corrected chi connectivity index (χ0v) is 20.2. The second-order valence-electron chi connectivity index (χ2n) is 8.44.